The van der Waals surface area contributed by atoms with E-state index in [9.17, 15) is 9.59 Å². The van der Waals surface area contributed by atoms with Gasteiger partial charge in [0.15, 0.2) is 5.69 Å². The van der Waals surface area contributed by atoms with Crippen LogP contribution in [0.3, 0.4) is 0 Å². The lowest BCUT2D eigenvalue weighted by molar-refractivity contribution is -0.0215. The fourth-order valence-corrected chi connectivity index (χ4v) is 4.80. The number of anilines is 2. The molecule has 0 unspecified atom stereocenters. The van der Waals surface area contributed by atoms with Crippen LogP contribution in [0.25, 0.3) is 33.3 Å². The first kappa shape index (κ1) is 25.7. The van der Waals surface area contributed by atoms with Crippen LogP contribution in [0.2, 0.25) is 5.02 Å². The summed E-state index contributed by atoms with van der Waals surface area (Å²) >= 11 is 6.03. The van der Waals surface area contributed by atoms with E-state index in [4.69, 9.17) is 22.1 Å². The number of hydrogen-bond donors (Lipinski definition) is 2. The summed E-state index contributed by atoms with van der Waals surface area (Å²) in [5, 5.41) is 8.48. The number of amides is 1. The van der Waals surface area contributed by atoms with E-state index in [1.165, 1.54) is 6.33 Å². The smallest absolute Gasteiger partial charge is 0.280 e. The van der Waals surface area contributed by atoms with Gasteiger partial charge in [-0.1, -0.05) is 35.9 Å². The molecule has 3 aromatic heterocycles. The molecule has 1 fully saturated rings. The van der Waals surface area contributed by atoms with Gasteiger partial charge in [-0.15, -0.1) is 0 Å². The Morgan fingerprint density at radius 2 is 1.70 bits per heavy atom. The zero-order valence-corrected chi connectivity index (χ0v) is 22.6. The predicted octanol–water partition coefficient (Wildman–Crippen LogP) is 4.96. The van der Waals surface area contributed by atoms with Crippen LogP contribution in [0, 0.1) is 0 Å². The SMILES string of the molecule is CC(C)n1cc(-c2ccc(Cl)cc2)c(=O)c(C(=O)Nc2ccc(-c3cn(C4COC4)c4ncnc(N)c34)cc2)n1. The lowest BCUT2D eigenvalue weighted by Crippen LogP contribution is -2.30. The molecule has 1 amide bonds. The summed E-state index contributed by atoms with van der Waals surface area (Å²) in [5.74, 6) is -0.202. The molecule has 4 heterocycles. The number of benzene rings is 2. The van der Waals surface area contributed by atoms with Crippen molar-refractivity contribution < 1.29 is 9.53 Å². The number of halogens is 1. The van der Waals surface area contributed by atoms with E-state index in [0.29, 0.717) is 40.9 Å². The van der Waals surface area contributed by atoms with Crippen LogP contribution in [0.15, 0.2) is 72.0 Å². The highest BCUT2D eigenvalue weighted by atomic mass is 35.5. The fourth-order valence-electron chi connectivity index (χ4n) is 4.67. The van der Waals surface area contributed by atoms with Crippen molar-refractivity contribution in [3.63, 3.8) is 0 Å². The first-order valence-corrected chi connectivity index (χ1v) is 13.2. The number of hydrogen-bond acceptors (Lipinski definition) is 7. The van der Waals surface area contributed by atoms with Gasteiger partial charge in [0.25, 0.3) is 5.91 Å². The van der Waals surface area contributed by atoms with E-state index >= 15 is 0 Å². The first-order valence-electron chi connectivity index (χ1n) is 12.8. The molecule has 2 aromatic carbocycles. The molecule has 0 atom stereocenters. The van der Waals surface area contributed by atoms with Gasteiger partial charge in [0, 0.05) is 40.3 Å². The molecule has 0 saturated carbocycles. The van der Waals surface area contributed by atoms with Gasteiger partial charge in [-0.3, -0.25) is 14.3 Å². The van der Waals surface area contributed by atoms with Gasteiger partial charge in [0.1, 0.15) is 17.8 Å². The Morgan fingerprint density at radius 1 is 1.02 bits per heavy atom. The molecular weight excluding hydrogens is 530 g/mol. The van der Waals surface area contributed by atoms with Crippen LogP contribution < -0.4 is 16.5 Å². The summed E-state index contributed by atoms with van der Waals surface area (Å²) in [4.78, 5) is 35.3. The third kappa shape index (κ3) is 4.61. The lowest BCUT2D eigenvalue weighted by Gasteiger charge is -2.27. The molecule has 10 nitrogen and oxygen atoms in total. The average molecular weight is 556 g/mol. The molecule has 6 rings (SSSR count). The van der Waals surface area contributed by atoms with Crippen molar-refractivity contribution in [2.75, 3.05) is 24.3 Å². The monoisotopic (exact) mass is 555 g/mol. The summed E-state index contributed by atoms with van der Waals surface area (Å²) in [7, 11) is 0. The van der Waals surface area contributed by atoms with Crippen molar-refractivity contribution in [1.29, 1.82) is 0 Å². The molecule has 1 aliphatic heterocycles. The van der Waals surface area contributed by atoms with E-state index in [1.807, 2.05) is 32.2 Å². The van der Waals surface area contributed by atoms with Crippen LogP contribution in [0.1, 0.15) is 36.4 Å². The second-order valence-corrected chi connectivity index (χ2v) is 10.4. The Morgan fingerprint density at radius 3 is 2.35 bits per heavy atom. The molecular formula is C29H26ClN7O3. The summed E-state index contributed by atoms with van der Waals surface area (Å²) in [6, 6.07) is 14.3. The first-order chi connectivity index (χ1) is 19.3. The second kappa shape index (κ2) is 10.2. The van der Waals surface area contributed by atoms with Gasteiger partial charge >= 0.3 is 0 Å². The van der Waals surface area contributed by atoms with Gasteiger partial charge in [-0.2, -0.15) is 5.10 Å². The quantitative estimate of drug-likeness (QED) is 0.303. The maximum absolute atomic E-state index is 13.3. The maximum atomic E-state index is 13.3. The van der Waals surface area contributed by atoms with Crippen molar-refractivity contribution in [1.82, 2.24) is 24.3 Å². The number of nitrogens with zero attached hydrogens (tertiary/aromatic N) is 5. The average Bonchev–Trinajstić information content (AvgIpc) is 3.29. The number of rotatable bonds is 6. The highest BCUT2D eigenvalue weighted by molar-refractivity contribution is 6.30. The van der Waals surface area contributed by atoms with Gasteiger partial charge in [-0.25, -0.2) is 9.97 Å². The number of carbonyl (C=O) groups is 1. The van der Waals surface area contributed by atoms with Crippen LogP contribution >= 0.6 is 11.6 Å². The molecule has 11 heteroatoms. The van der Waals surface area contributed by atoms with Crippen molar-refractivity contribution >= 4 is 40.0 Å². The predicted molar refractivity (Wildman–Crippen MR) is 155 cm³/mol. The van der Waals surface area contributed by atoms with Crippen molar-refractivity contribution in [2.24, 2.45) is 0 Å². The molecule has 1 saturated heterocycles. The maximum Gasteiger partial charge on any atom is 0.280 e. The number of carbonyl (C=O) groups excluding carboxylic acids is 1. The molecule has 3 N–H and O–H groups in total. The minimum absolute atomic E-state index is 0.0671. The van der Waals surface area contributed by atoms with E-state index in [1.54, 1.807) is 47.3 Å². The largest absolute Gasteiger partial charge is 0.383 e. The van der Waals surface area contributed by atoms with E-state index in [0.717, 1.165) is 22.2 Å². The molecule has 0 bridgehead atoms. The third-order valence-electron chi connectivity index (χ3n) is 6.94. The Balaban J connectivity index is 1.31. The minimum atomic E-state index is -0.595. The summed E-state index contributed by atoms with van der Waals surface area (Å²) in [5.41, 5.74) is 9.64. The van der Waals surface area contributed by atoms with Crippen LogP contribution in [-0.4, -0.2) is 43.4 Å². The van der Waals surface area contributed by atoms with Gasteiger partial charge in [0.2, 0.25) is 5.43 Å². The van der Waals surface area contributed by atoms with E-state index in [2.05, 4.69) is 25.0 Å². The summed E-state index contributed by atoms with van der Waals surface area (Å²) < 4.78 is 9.05. The molecule has 0 spiro atoms. The Labute approximate surface area is 234 Å². The number of fused-ring (bicyclic) bond motifs is 1. The van der Waals surface area contributed by atoms with Gasteiger partial charge < -0.3 is 20.4 Å². The number of nitrogens with one attached hydrogen (secondary N) is 1. The number of ether oxygens (including phenoxy) is 1. The van der Waals surface area contributed by atoms with Crippen molar-refractivity contribution in [3.05, 3.63) is 88.2 Å². The zero-order valence-electron chi connectivity index (χ0n) is 21.8. The molecule has 40 heavy (non-hydrogen) atoms. The molecule has 0 aliphatic carbocycles. The van der Waals surface area contributed by atoms with Gasteiger partial charge in [0.05, 0.1) is 24.6 Å². The number of nitrogen functional groups attached to an aromatic ring is 1. The van der Waals surface area contributed by atoms with Crippen LogP contribution in [0.4, 0.5) is 11.5 Å². The van der Waals surface area contributed by atoms with Crippen LogP contribution in [0.5, 0.6) is 0 Å². The molecule has 5 aromatic rings. The zero-order chi connectivity index (χ0) is 28.0. The van der Waals surface area contributed by atoms with Gasteiger partial charge in [-0.05, 0) is 49.2 Å². The highest BCUT2D eigenvalue weighted by Gasteiger charge is 2.25. The minimum Gasteiger partial charge on any atom is -0.383 e. The van der Waals surface area contributed by atoms with Crippen molar-refractivity contribution in [2.45, 2.75) is 25.9 Å². The standard InChI is InChI=1S/C29H26ClN7O3/c1-16(2)37-12-23(18-3-7-19(30)8-4-18)26(38)25(35-37)29(39)34-20-9-5-17(6-10-20)22-11-36(21-13-40-14-21)28-24(22)27(31)32-15-33-28/h3-12,15-16,21H,13-14H2,1-2H3,(H,34,39)(H2,31,32,33). The summed E-state index contributed by atoms with van der Waals surface area (Å²) in [6.07, 6.45) is 5.12. The lowest BCUT2D eigenvalue weighted by atomic mass is 10.1. The topological polar surface area (TPSA) is 130 Å². The fraction of sp³-hybridized carbons (Fsp3) is 0.207. The molecule has 0 radical (unpaired) electrons. The second-order valence-electron chi connectivity index (χ2n) is 9.93. The van der Waals surface area contributed by atoms with E-state index in [-0.39, 0.29) is 17.8 Å². The Hall–Kier alpha value is -4.54. The third-order valence-corrected chi connectivity index (χ3v) is 7.19. The van der Waals surface area contributed by atoms with E-state index < -0.39 is 11.3 Å². The van der Waals surface area contributed by atoms with Crippen LogP contribution in [-0.2, 0) is 4.74 Å². The molecule has 202 valence electrons. The Kier molecular flexibility index (Phi) is 6.57. The number of nitrogens with two attached hydrogens (primary N) is 1. The Bertz CT molecular complexity index is 1790. The molecule has 1 aliphatic rings. The van der Waals surface area contributed by atoms with Crippen molar-refractivity contribution in [3.8, 4) is 22.3 Å². The number of aromatic nitrogens is 5. The summed E-state index contributed by atoms with van der Waals surface area (Å²) in [6.45, 7) is 5.08. The highest BCUT2D eigenvalue weighted by Crippen LogP contribution is 2.36. The normalized spacial score (nSPS) is 13.5.